The van der Waals surface area contributed by atoms with Crippen LogP contribution in [-0.2, 0) is 6.18 Å². The van der Waals surface area contributed by atoms with Gasteiger partial charge in [0, 0.05) is 0 Å². The maximum Gasteiger partial charge on any atom is 0.418 e. The first kappa shape index (κ1) is 9.63. The molecule has 0 atom stereocenters. The minimum absolute atomic E-state index is 0.0809. The molecule has 0 saturated carbocycles. The lowest BCUT2D eigenvalue weighted by Gasteiger charge is -2.07. The molecule has 0 amide bonds. The third-order valence-electron chi connectivity index (χ3n) is 1.81. The Morgan fingerprint density at radius 3 is 2.53 bits per heavy atom. The SMILES string of the molecule is Nc1nnc2c(C(F)(F)F)cccc2n1. The van der Waals surface area contributed by atoms with E-state index in [1.165, 1.54) is 12.1 Å². The molecule has 2 N–H and O–H groups in total. The second-order valence-corrected chi connectivity index (χ2v) is 2.84. The number of benzene rings is 1. The van der Waals surface area contributed by atoms with E-state index in [2.05, 4.69) is 15.2 Å². The molecule has 7 heteroatoms. The van der Waals surface area contributed by atoms with Gasteiger partial charge < -0.3 is 5.73 Å². The number of anilines is 1. The van der Waals surface area contributed by atoms with Crippen LogP contribution in [0.4, 0.5) is 19.1 Å². The normalized spacial score (nSPS) is 11.9. The van der Waals surface area contributed by atoms with Gasteiger partial charge in [-0.15, -0.1) is 10.2 Å². The fourth-order valence-electron chi connectivity index (χ4n) is 1.20. The van der Waals surface area contributed by atoms with Crippen molar-refractivity contribution >= 4 is 17.0 Å². The third kappa shape index (κ3) is 1.67. The molecule has 1 heterocycles. The summed E-state index contributed by atoms with van der Waals surface area (Å²) < 4.78 is 37.5. The Kier molecular flexibility index (Phi) is 1.95. The maximum absolute atomic E-state index is 12.5. The van der Waals surface area contributed by atoms with Crippen molar-refractivity contribution in [2.24, 2.45) is 0 Å². The lowest BCUT2D eigenvalue weighted by atomic mass is 10.2. The summed E-state index contributed by atoms with van der Waals surface area (Å²) in [4.78, 5) is 3.65. The van der Waals surface area contributed by atoms with Crippen LogP contribution in [0.5, 0.6) is 0 Å². The summed E-state index contributed by atoms with van der Waals surface area (Å²) in [6.45, 7) is 0. The molecule has 0 aliphatic rings. The summed E-state index contributed by atoms with van der Waals surface area (Å²) in [6.07, 6.45) is -4.47. The lowest BCUT2D eigenvalue weighted by Crippen LogP contribution is -2.08. The Balaban J connectivity index is 2.77. The summed E-state index contributed by atoms with van der Waals surface area (Å²) >= 11 is 0. The molecule has 15 heavy (non-hydrogen) atoms. The third-order valence-corrected chi connectivity index (χ3v) is 1.81. The smallest absolute Gasteiger partial charge is 0.366 e. The Morgan fingerprint density at radius 2 is 1.87 bits per heavy atom. The van der Waals surface area contributed by atoms with E-state index in [1.807, 2.05) is 0 Å². The van der Waals surface area contributed by atoms with Gasteiger partial charge in [-0.3, -0.25) is 0 Å². The highest BCUT2D eigenvalue weighted by Gasteiger charge is 2.33. The Labute approximate surface area is 81.9 Å². The Hall–Kier alpha value is -1.92. The van der Waals surface area contributed by atoms with E-state index in [1.54, 1.807) is 0 Å². The molecule has 0 radical (unpaired) electrons. The van der Waals surface area contributed by atoms with Crippen molar-refractivity contribution in [3.63, 3.8) is 0 Å². The first-order valence-electron chi connectivity index (χ1n) is 3.94. The van der Waals surface area contributed by atoms with E-state index < -0.39 is 11.7 Å². The highest BCUT2D eigenvalue weighted by Crippen LogP contribution is 2.32. The van der Waals surface area contributed by atoms with E-state index in [4.69, 9.17) is 5.73 Å². The van der Waals surface area contributed by atoms with E-state index in [9.17, 15) is 13.2 Å². The summed E-state index contributed by atoms with van der Waals surface area (Å²) in [7, 11) is 0. The quantitative estimate of drug-likeness (QED) is 0.723. The van der Waals surface area contributed by atoms with Crippen molar-refractivity contribution in [1.82, 2.24) is 15.2 Å². The van der Waals surface area contributed by atoms with Crippen LogP contribution in [0.2, 0.25) is 0 Å². The van der Waals surface area contributed by atoms with Crippen molar-refractivity contribution in [3.05, 3.63) is 23.8 Å². The number of aromatic nitrogens is 3. The number of nitrogen functional groups attached to an aromatic ring is 1. The van der Waals surface area contributed by atoms with E-state index >= 15 is 0 Å². The van der Waals surface area contributed by atoms with Gasteiger partial charge in [-0.2, -0.15) is 13.2 Å². The predicted molar refractivity (Wildman–Crippen MR) is 46.7 cm³/mol. The number of alkyl halides is 3. The number of nitrogens with zero attached hydrogens (tertiary/aromatic N) is 3. The lowest BCUT2D eigenvalue weighted by molar-refractivity contribution is -0.136. The number of hydrogen-bond donors (Lipinski definition) is 1. The minimum atomic E-state index is -4.47. The molecule has 2 rings (SSSR count). The number of rotatable bonds is 0. The van der Waals surface area contributed by atoms with Gasteiger partial charge in [0.25, 0.3) is 0 Å². The molecular weight excluding hydrogens is 209 g/mol. The molecule has 2 aromatic rings. The van der Waals surface area contributed by atoms with Crippen molar-refractivity contribution in [2.75, 3.05) is 5.73 Å². The molecule has 0 aliphatic carbocycles. The fraction of sp³-hybridized carbons (Fsp3) is 0.125. The van der Waals surface area contributed by atoms with Crippen molar-refractivity contribution in [3.8, 4) is 0 Å². The molecule has 1 aromatic heterocycles. The van der Waals surface area contributed by atoms with Crippen LogP contribution >= 0.6 is 0 Å². The van der Waals surface area contributed by atoms with Crippen LogP contribution in [0.15, 0.2) is 18.2 Å². The van der Waals surface area contributed by atoms with Crippen LogP contribution < -0.4 is 5.73 Å². The highest BCUT2D eigenvalue weighted by atomic mass is 19.4. The second kappa shape index (κ2) is 3.04. The van der Waals surface area contributed by atoms with Gasteiger partial charge in [0.05, 0.1) is 11.1 Å². The zero-order valence-electron chi connectivity index (χ0n) is 7.28. The van der Waals surface area contributed by atoms with E-state index in [0.717, 1.165) is 6.07 Å². The number of halogens is 3. The van der Waals surface area contributed by atoms with E-state index in [0.29, 0.717) is 0 Å². The van der Waals surface area contributed by atoms with Gasteiger partial charge in [0.15, 0.2) is 0 Å². The zero-order chi connectivity index (χ0) is 11.1. The largest absolute Gasteiger partial charge is 0.418 e. The Bertz CT molecular complexity index is 509. The molecule has 0 unspecified atom stereocenters. The zero-order valence-corrected chi connectivity index (χ0v) is 7.28. The average molecular weight is 214 g/mol. The van der Waals surface area contributed by atoms with Crippen LogP contribution in [0.3, 0.4) is 0 Å². The maximum atomic E-state index is 12.5. The standard InChI is InChI=1S/C8H5F3N4/c9-8(10,11)4-2-1-3-5-6(4)14-15-7(12)13-5/h1-3H,(H2,12,13,15). The van der Waals surface area contributed by atoms with Crippen molar-refractivity contribution in [2.45, 2.75) is 6.18 Å². The summed E-state index contributed by atoms with van der Waals surface area (Å²) in [5, 5.41) is 6.69. The Morgan fingerprint density at radius 1 is 1.13 bits per heavy atom. The van der Waals surface area contributed by atoms with Gasteiger partial charge in [-0.05, 0) is 12.1 Å². The molecule has 4 nitrogen and oxygen atoms in total. The fourth-order valence-corrected chi connectivity index (χ4v) is 1.20. The van der Waals surface area contributed by atoms with Gasteiger partial charge in [0.1, 0.15) is 5.52 Å². The van der Waals surface area contributed by atoms with E-state index in [-0.39, 0.29) is 17.0 Å². The highest BCUT2D eigenvalue weighted by molar-refractivity contribution is 5.78. The van der Waals surface area contributed by atoms with Crippen LogP contribution in [0.25, 0.3) is 11.0 Å². The molecule has 0 fully saturated rings. The number of fused-ring (bicyclic) bond motifs is 1. The van der Waals surface area contributed by atoms with Gasteiger partial charge in [0.2, 0.25) is 5.95 Å². The molecule has 0 saturated heterocycles. The molecule has 78 valence electrons. The average Bonchev–Trinajstić information content (AvgIpc) is 2.15. The summed E-state index contributed by atoms with van der Waals surface area (Å²) in [5.74, 6) is -0.151. The molecule has 1 aromatic carbocycles. The van der Waals surface area contributed by atoms with Crippen LogP contribution in [-0.4, -0.2) is 15.2 Å². The first-order chi connectivity index (χ1) is 6.98. The van der Waals surface area contributed by atoms with Crippen LogP contribution in [0, 0.1) is 0 Å². The molecule has 0 spiro atoms. The first-order valence-corrected chi connectivity index (χ1v) is 3.94. The van der Waals surface area contributed by atoms with Crippen molar-refractivity contribution < 1.29 is 13.2 Å². The monoisotopic (exact) mass is 214 g/mol. The summed E-state index contributed by atoms with van der Waals surface area (Å²) in [5.41, 5.74) is 4.14. The van der Waals surface area contributed by atoms with Crippen molar-refractivity contribution in [1.29, 1.82) is 0 Å². The molecule has 0 bridgehead atoms. The minimum Gasteiger partial charge on any atom is -0.366 e. The summed E-state index contributed by atoms with van der Waals surface area (Å²) in [6, 6.07) is 3.57. The van der Waals surface area contributed by atoms with Gasteiger partial charge in [-0.1, -0.05) is 6.07 Å². The molecule has 0 aliphatic heterocycles. The second-order valence-electron chi connectivity index (χ2n) is 2.84. The molecular formula is C8H5F3N4. The van der Waals surface area contributed by atoms with Gasteiger partial charge >= 0.3 is 6.18 Å². The van der Waals surface area contributed by atoms with Crippen LogP contribution in [0.1, 0.15) is 5.56 Å². The topological polar surface area (TPSA) is 64.7 Å². The number of nitrogens with two attached hydrogens (primary N) is 1. The van der Waals surface area contributed by atoms with Gasteiger partial charge in [-0.25, -0.2) is 4.98 Å². The number of hydrogen-bond acceptors (Lipinski definition) is 4. The predicted octanol–water partition coefficient (Wildman–Crippen LogP) is 1.63.